The standard InChI is InChI=1S/C12H8F6N2S/c13-11(14,15)7-1-6(2-8(4-7)12(16,17)18)3-9-5-20-10(19)21-9/h1-2,4-5H,3H2,(H2,19,20). The number of nitrogens with zero attached hydrogens (tertiary/aromatic N) is 1. The van der Waals surface area contributed by atoms with Crippen molar-refractivity contribution >= 4 is 16.5 Å². The van der Waals surface area contributed by atoms with Crippen LogP contribution < -0.4 is 5.73 Å². The van der Waals surface area contributed by atoms with Crippen molar-refractivity contribution in [2.45, 2.75) is 18.8 Å². The quantitative estimate of drug-likeness (QED) is 0.833. The number of anilines is 1. The van der Waals surface area contributed by atoms with Crippen LogP contribution in [0.25, 0.3) is 0 Å². The second kappa shape index (κ2) is 5.21. The predicted octanol–water partition coefficient (Wildman–Crippen LogP) is 4.35. The van der Waals surface area contributed by atoms with Crippen LogP contribution in [0.4, 0.5) is 31.5 Å². The highest BCUT2D eigenvalue weighted by molar-refractivity contribution is 7.15. The molecule has 2 N–H and O–H groups in total. The summed E-state index contributed by atoms with van der Waals surface area (Å²) >= 11 is 1.01. The lowest BCUT2D eigenvalue weighted by Gasteiger charge is -2.13. The molecule has 2 aromatic rings. The van der Waals surface area contributed by atoms with E-state index in [1.165, 1.54) is 6.20 Å². The monoisotopic (exact) mass is 326 g/mol. The van der Waals surface area contributed by atoms with Crippen molar-refractivity contribution in [3.05, 3.63) is 46.0 Å². The normalized spacial score (nSPS) is 12.7. The van der Waals surface area contributed by atoms with Crippen LogP contribution in [-0.4, -0.2) is 4.98 Å². The first-order valence-corrected chi connectivity index (χ1v) is 6.36. The average molecular weight is 326 g/mol. The first-order valence-electron chi connectivity index (χ1n) is 5.54. The van der Waals surface area contributed by atoms with Crippen LogP contribution in [0.15, 0.2) is 24.4 Å². The Balaban J connectivity index is 2.45. The summed E-state index contributed by atoms with van der Waals surface area (Å²) < 4.78 is 76.1. The number of hydrogen-bond donors (Lipinski definition) is 1. The van der Waals surface area contributed by atoms with E-state index in [2.05, 4.69) is 4.98 Å². The first kappa shape index (κ1) is 15.6. The van der Waals surface area contributed by atoms with Crippen molar-refractivity contribution in [1.29, 1.82) is 0 Å². The van der Waals surface area contributed by atoms with Gasteiger partial charge in [0.15, 0.2) is 5.13 Å². The lowest BCUT2D eigenvalue weighted by molar-refractivity contribution is -0.143. The minimum absolute atomic E-state index is 0.0954. The Labute approximate surface area is 119 Å². The molecule has 0 fully saturated rings. The molecule has 0 saturated heterocycles. The Hall–Kier alpha value is -1.77. The van der Waals surface area contributed by atoms with E-state index in [1.807, 2.05) is 0 Å². The molecule has 0 unspecified atom stereocenters. The summed E-state index contributed by atoms with van der Waals surface area (Å²) in [6, 6.07) is 1.50. The van der Waals surface area contributed by atoms with E-state index < -0.39 is 23.5 Å². The summed E-state index contributed by atoms with van der Waals surface area (Å²) in [6.45, 7) is 0. The molecule has 1 aromatic carbocycles. The maximum absolute atomic E-state index is 12.7. The minimum Gasteiger partial charge on any atom is -0.375 e. The third kappa shape index (κ3) is 3.87. The van der Waals surface area contributed by atoms with Gasteiger partial charge in [-0.15, -0.1) is 11.3 Å². The van der Waals surface area contributed by atoms with Gasteiger partial charge in [0.1, 0.15) is 0 Å². The van der Waals surface area contributed by atoms with Gasteiger partial charge in [0, 0.05) is 17.5 Å². The van der Waals surface area contributed by atoms with Crippen LogP contribution in [0.2, 0.25) is 0 Å². The fourth-order valence-electron chi connectivity index (χ4n) is 1.73. The fourth-order valence-corrected chi connectivity index (χ4v) is 2.45. The number of halogens is 6. The second-order valence-electron chi connectivity index (χ2n) is 4.26. The van der Waals surface area contributed by atoms with Crippen LogP contribution >= 0.6 is 11.3 Å². The number of hydrogen-bond acceptors (Lipinski definition) is 3. The zero-order chi connectivity index (χ0) is 15.8. The molecule has 21 heavy (non-hydrogen) atoms. The van der Waals surface area contributed by atoms with Crippen molar-refractivity contribution in [2.24, 2.45) is 0 Å². The van der Waals surface area contributed by atoms with Gasteiger partial charge in [0.25, 0.3) is 0 Å². The summed E-state index contributed by atoms with van der Waals surface area (Å²) in [5.41, 5.74) is 2.62. The number of aromatic nitrogens is 1. The van der Waals surface area contributed by atoms with Crippen LogP contribution in [0.3, 0.4) is 0 Å². The Bertz CT molecular complexity index is 612. The third-order valence-electron chi connectivity index (χ3n) is 2.60. The molecule has 9 heteroatoms. The summed E-state index contributed by atoms with van der Waals surface area (Å²) in [5.74, 6) is 0. The topological polar surface area (TPSA) is 38.9 Å². The lowest BCUT2D eigenvalue weighted by Crippen LogP contribution is -2.11. The molecular weight excluding hydrogens is 318 g/mol. The number of benzene rings is 1. The van der Waals surface area contributed by atoms with Gasteiger partial charge in [-0.3, -0.25) is 0 Å². The van der Waals surface area contributed by atoms with Gasteiger partial charge in [-0.2, -0.15) is 26.3 Å². The molecule has 114 valence electrons. The molecule has 0 saturated carbocycles. The Kier molecular flexibility index (Phi) is 3.87. The molecule has 0 amide bonds. The van der Waals surface area contributed by atoms with Crippen molar-refractivity contribution in [3.8, 4) is 0 Å². The fraction of sp³-hybridized carbons (Fsp3) is 0.250. The molecule has 0 spiro atoms. The summed E-state index contributed by atoms with van der Waals surface area (Å²) in [6.07, 6.45) is -8.46. The number of nitrogens with two attached hydrogens (primary N) is 1. The second-order valence-corrected chi connectivity index (χ2v) is 5.40. The summed E-state index contributed by atoms with van der Waals surface area (Å²) in [4.78, 5) is 4.19. The molecule has 0 bridgehead atoms. The SMILES string of the molecule is Nc1ncc(Cc2cc(C(F)(F)F)cc(C(F)(F)F)c2)s1. The molecule has 0 aliphatic heterocycles. The highest BCUT2D eigenvalue weighted by Gasteiger charge is 2.36. The molecular formula is C12H8F6N2S. The Morgan fingerprint density at radius 2 is 1.48 bits per heavy atom. The maximum Gasteiger partial charge on any atom is 0.416 e. The highest BCUT2D eigenvalue weighted by Crippen LogP contribution is 2.36. The van der Waals surface area contributed by atoms with Gasteiger partial charge in [0.2, 0.25) is 0 Å². The molecule has 0 aliphatic carbocycles. The van der Waals surface area contributed by atoms with Gasteiger partial charge in [-0.25, -0.2) is 4.98 Å². The van der Waals surface area contributed by atoms with E-state index in [9.17, 15) is 26.3 Å². The summed E-state index contributed by atoms with van der Waals surface area (Å²) in [7, 11) is 0. The molecule has 2 nitrogen and oxygen atoms in total. The maximum atomic E-state index is 12.7. The van der Waals surface area contributed by atoms with E-state index in [0.717, 1.165) is 11.3 Å². The van der Waals surface area contributed by atoms with Gasteiger partial charge >= 0.3 is 12.4 Å². The number of alkyl halides is 6. The largest absolute Gasteiger partial charge is 0.416 e. The predicted molar refractivity (Wildman–Crippen MR) is 65.8 cm³/mol. The van der Waals surface area contributed by atoms with Crippen LogP contribution in [0.1, 0.15) is 21.6 Å². The smallest absolute Gasteiger partial charge is 0.375 e. The van der Waals surface area contributed by atoms with E-state index in [1.54, 1.807) is 0 Å². The van der Waals surface area contributed by atoms with Crippen molar-refractivity contribution in [1.82, 2.24) is 4.98 Å². The zero-order valence-corrected chi connectivity index (χ0v) is 11.0. The van der Waals surface area contributed by atoms with E-state index in [-0.39, 0.29) is 23.2 Å². The van der Waals surface area contributed by atoms with Crippen molar-refractivity contribution < 1.29 is 26.3 Å². The molecule has 2 rings (SSSR count). The third-order valence-corrected chi connectivity index (χ3v) is 3.42. The number of nitrogen functional groups attached to an aromatic ring is 1. The molecule has 1 heterocycles. The van der Waals surface area contributed by atoms with Gasteiger partial charge in [-0.05, 0) is 23.8 Å². The van der Waals surface area contributed by atoms with E-state index >= 15 is 0 Å². The lowest BCUT2D eigenvalue weighted by atomic mass is 10.0. The van der Waals surface area contributed by atoms with Crippen LogP contribution in [-0.2, 0) is 18.8 Å². The number of rotatable bonds is 2. The Morgan fingerprint density at radius 1 is 0.952 bits per heavy atom. The average Bonchev–Trinajstić information content (AvgIpc) is 2.72. The Morgan fingerprint density at radius 3 is 1.86 bits per heavy atom. The van der Waals surface area contributed by atoms with Gasteiger partial charge in [0.05, 0.1) is 11.1 Å². The molecule has 1 aromatic heterocycles. The van der Waals surface area contributed by atoms with E-state index in [0.29, 0.717) is 17.0 Å². The first-order chi connectivity index (χ1) is 9.55. The van der Waals surface area contributed by atoms with Crippen LogP contribution in [0, 0.1) is 0 Å². The molecule has 0 aliphatic rings. The van der Waals surface area contributed by atoms with Gasteiger partial charge < -0.3 is 5.73 Å². The van der Waals surface area contributed by atoms with Gasteiger partial charge in [-0.1, -0.05) is 0 Å². The van der Waals surface area contributed by atoms with Crippen molar-refractivity contribution in [2.75, 3.05) is 5.73 Å². The highest BCUT2D eigenvalue weighted by atomic mass is 32.1. The molecule has 0 radical (unpaired) electrons. The molecule has 0 atom stereocenters. The van der Waals surface area contributed by atoms with E-state index in [4.69, 9.17) is 5.73 Å². The zero-order valence-electron chi connectivity index (χ0n) is 10.2. The summed E-state index contributed by atoms with van der Waals surface area (Å²) in [5, 5.41) is 0.202. The minimum atomic E-state index is -4.84. The number of thiazole rings is 1. The van der Waals surface area contributed by atoms with Crippen LogP contribution in [0.5, 0.6) is 0 Å². The van der Waals surface area contributed by atoms with Crippen molar-refractivity contribution in [3.63, 3.8) is 0 Å².